The minimum absolute atomic E-state index is 0.0362. The Kier molecular flexibility index (Phi) is 5.88. The summed E-state index contributed by atoms with van der Waals surface area (Å²) in [6, 6.07) is 3.98. The van der Waals surface area contributed by atoms with Gasteiger partial charge < -0.3 is 25.1 Å². The van der Waals surface area contributed by atoms with Gasteiger partial charge in [0.15, 0.2) is 17.2 Å². The molecular formula is C32H36F2N8O2. The lowest BCUT2D eigenvalue weighted by atomic mass is 9.93. The highest BCUT2D eigenvalue weighted by atomic mass is 19.1. The Bertz CT molecular complexity index is 1790. The Morgan fingerprint density at radius 3 is 2.68 bits per heavy atom. The van der Waals surface area contributed by atoms with Crippen LogP contribution in [-0.2, 0) is 0 Å². The number of halogens is 2. The predicted octanol–water partition coefficient (Wildman–Crippen LogP) is 4.64. The van der Waals surface area contributed by atoms with Crippen molar-refractivity contribution in [3.63, 3.8) is 0 Å². The number of aryl methyl sites for hydroxylation is 1. The summed E-state index contributed by atoms with van der Waals surface area (Å²) in [6.45, 7) is 5.49. The Hall–Kier alpha value is -3.64. The minimum Gasteiger partial charge on any atom is -0.461 e. The standard InChI is InChI=1S/C32H36F2N8O2/c1-16-23(21-7-8-22(34)28-25(21)38-30(35)44-28)24(17-3-4-17)26-27(37-16)29(42-19-5-6-20(42)13-36-12-19)40-31(39-26)43-15-32-9-2-10-41(32)14-18(33)11-32/h7-8,17-20,36H,2-6,9-15H2,1H3,(H2,35,38)/t18-,19?,20?,32+/m1/s1. The molecule has 1 aliphatic carbocycles. The number of aromatic nitrogens is 4. The van der Waals surface area contributed by atoms with Crippen molar-refractivity contribution in [3.8, 4) is 17.1 Å². The lowest BCUT2D eigenvalue weighted by Crippen LogP contribution is -2.52. The first-order valence-corrected chi connectivity index (χ1v) is 16.0. The van der Waals surface area contributed by atoms with Crippen LogP contribution in [0.25, 0.3) is 33.3 Å². The molecule has 4 aliphatic heterocycles. The zero-order chi connectivity index (χ0) is 29.7. The number of fused-ring (bicyclic) bond motifs is 5. The maximum Gasteiger partial charge on any atom is 0.319 e. The molecule has 12 heteroatoms. The van der Waals surface area contributed by atoms with Gasteiger partial charge in [0.2, 0.25) is 0 Å². The molecule has 10 nitrogen and oxygen atoms in total. The van der Waals surface area contributed by atoms with Gasteiger partial charge in [-0.1, -0.05) is 0 Å². The summed E-state index contributed by atoms with van der Waals surface area (Å²) >= 11 is 0. The average Bonchev–Trinajstić information content (AvgIpc) is 3.43. The number of oxazole rings is 1. The average molecular weight is 603 g/mol. The molecule has 0 radical (unpaired) electrons. The van der Waals surface area contributed by atoms with Crippen molar-refractivity contribution in [1.82, 2.24) is 30.2 Å². The number of hydrogen-bond acceptors (Lipinski definition) is 10. The van der Waals surface area contributed by atoms with Gasteiger partial charge in [-0.3, -0.25) is 4.90 Å². The van der Waals surface area contributed by atoms with Gasteiger partial charge in [0.25, 0.3) is 6.01 Å². The highest BCUT2D eigenvalue weighted by Crippen LogP contribution is 2.50. The van der Waals surface area contributed by atoms with E-state index in [9.17, 15) is 8.78 Å². The second-order valence-electron chi connectivity index (χ2n) is 13.4. The van der Waals surface area contributed by atoms with Crippen molar-refractivity contribution < 1.29 is 17.9 Å². The number of hydrogen-bond donors (Lipinski definition) is 2. The van der Waals surface area contributed by atoms with Gasteiger partial charge >= 0.3 is 6.01 Å². The summed E-state index contributed by atoms with van der Waals surface area (Å²) in [6.07, 6.45) is 5.80. The van der Waals surface area contributed by atoms with E-state index in [2.05, 4.69) is 20.1 Å². The number of ether oxygens (including phenoxy) is 1. The van der Waals surface area contributed by atoms with Crippen molar-refractivity contribution in [3.05, 3.63) is 29.2 Å². The maximum absolute atomic E-state index is 14.8. The summed E-state index contributed by atoms with van der Waals surface area (Å²) in [5, 5.41) is 3.57. The summed E-state index contributed by atoms with van der Waals surface area (Å²) in [5.41, 5.74) is 11.0. The molecule has 0 spiro atoms. The second-order valence-corrected chi connectivity index (χ2v) is 13.4. The topological polar surface area (TPSA) is 118 Å². The predicted molar refractivity (Wildman–Crippen MR) is 162 cm³/mol. The van der Waals surface area contributed by atoms with Gasteiger partial charge in [-0.2, -0.15) is 15.0 Å². The van der Waals surface area contributed by atoms with Crippen LogP contribution in [0.3, 0.4) is 0 Å². The molecule has 9 rings (SSSR count). The molecule has 2 bridgehead atoms. The van der Waals surface area contributed by atoms with Gasteiger partial charge in [-0.05, 0) is 75.6 Å². The van der Waals surface area contributed by atoms with Gasteiger partial charge in [0.1, 0.15) is 29.3 Å². The molecule has 230 valence electrons. The third-order valence-electron chi connectivity index (χ3n) is 10.6. The SMILES string of the molecule is Cc1nc2c(N3C4CCC3CNC4)nc(OC[C@@]34CCCN3C[C@H](F)C4)nc2c(C2CC2)c1-c1ccc(F)c2oc(N)nc12. The van der Waals surface area contributed by atoms with E-state index in [-0.39, 0.29) is 23.1 Å². The Morgan fingerprint density at radius 2 is 1.89 bits per heavy atom. The number of nitrogens with one attached hydrogen (secondary N) is 1. The van der Waals surface area contributed by atoms with Crippen LogP contribution in [-0.4, -0.2) is 81.4 Å². The molecule has 4 saturated heterocycles. The van der Waals surface area contributed by atoms with Gasteiger partial charge in [0, 0.05) is 55.0 Å². The zero-order valence-corrected chi connectivity index (χ0v) is 24.8. The maximum atomic E-state index is 14.8. The second kappa shape index (κ2) is 9.68. The third-order valence-corrected chi connectivity index (χ3v) is 10.6. The van der Waals surface area contributed by atoms with Crippen molar-refractivity contribution in [2.24, 2.45) is 0 Å². The van der Waals surface area contributed by atoms with Crippen molar-refractivity contribution in [2.45, 2.75) is 81.6 Å². The molecule has 4 aromatic rings. The lowest BCUT2D eigenvalue weighted by Gasteiger charge is -2.37. The fourth-order valence-electron chi connectivity index (χ4n) is 8.57. The summed E-state index contributed by atoms with van der Waals surface area (Å²) < 4.78 is 41.3. The quantitative estimate of drug-likeness (QED) is 0.323. The normalized spacial score (nSPS) is 28.4. The third kappa shape index (κ3) is 4.02. The molecule has 7 heterocycles. The van der Waals surface area contributed by atoms with E-state index in [1.54, 1.807) is 6.07 Å². The first-order valence-electron chi connectivity index (χ1n) is 16.0. The van der Waals surface area contributed by atoms with E-state index in [0.29, 0.717) is 43.2 Å². The first-order chi connectivity index (χ1) is 21.4. The van der Waals surface area contributed by atoms with Crippen LogP contribution in [0.15, 0.2) is 16.5 Å². The number of benzene rings is 1. The Balaban J connectivity index is 1.24. The number of alkyl halides is 1. The highest BCUT2D eigenvalue weighted by molar-refractivity contribution is 6.00. The number of nitrogens with zero attached hydrogens (tertiary/aromatic N) is 6. The molecule has 2 unspecified atom stereocenters. The highest BCUT2D eigenvalue weighted by Gasteiger charge is 2.49. The van der Waals surface area contributed by atoms with Gasteiger partial charge in [0.05, 0.1) is 5.54 Å². The Morgan fingerprint density at radius 1 is 1.07 bits per heavy atom. The number of anilines is 2. The number of rotatable bonds is 6. The molecule has 44 heavy (non-hydrogen) atoms. The summed E-state index contributed by atoms with van der Waals surface area (Å²) in [4.78, 5) is 24.4. The molecule has 3 aromatic heterocycles. The smallest absolute Gasteiger partial charge is 0.319 e. The molecular weight excluding hydrogens is 566 g/mol. The first kappa shape index (κ1) is 26.7. The summed E-state index contributed by atoms with van der Waals surface area (Å²) in [5.74, 6) is 0.561. The monoisotopic (exact) mass is 602 g/mol. The van der Waals surface area contributed by atoms with E-state index in [1.165, 1.54) is 6.07 Å². The largest absolute Gasteiger partial charge is 0.461 e. The van der Waals surface area contributed by atoms with Crippen LogP contribution in [0.5, 0.6) is 6.01 Å². The molecule has 1 saturated carbocycles. The van der Waals surface area contributed by atoms with Crippen LogP contribution < -0.4 is 20.7 Å². The molecule has 1 aromatic carbocycles. The Labute approximate surface area is 253 Å². The van der Waals surface area contributed by atoms with Crippen LogP contribution in [0.2, 0.25) is 0 Å². The molecule has 0 amide bonds. The number of nitrogen functional groups attached to an aromatic ring is 1. The molecule has 3 N–H and O–H groups in total. The van der Waals surface area contributed by atoms with E-state index in [4.69, 9.17) is 29.8 Å². The molecule has 4 atom stereocenters. The van der Waals surface area contributed by atoms with Crippen molar-refractivity contribution in [1.29, 1.82) is 0 Å². The van der Waals surface area contributed by atoms with Crippen LogP contribution in [0.1, 0.15) is 62.1 Å². The van der Waals surface area contributed by atoms with Crippen LogP contribution >= 0.6 is 0 Å². The fraction of sp³-hybridized carbons (Fsp3) is 0.562. The zero-order valence-electron chi connectivity index (χ0n) is 24.8. The molecule has 5 aliphatic rings. The van der Waals surface area contributed by atoms with Gasteiger partial charge in [-0.25, -0.2) is 13.8 Å². The van der Waals surface area contributed by atoms with Crippen molar-refractivity contribution in [2.75, 3.05) is 43.4 Å². The van der Waals surface area contributed by atoms with E-state index in [1.807, 2.05) is 6.92 Å². The van der Waals surface area contributed by atoms with E-state index >= 15 is 0 Å². The van der Waals surface area contributed by atoms with Crippen molar-refractivity contribution >= 4 is 34.0 Å². The minimum atomic E-state index is -0.835. The summed E-state index contributed by atoms with van der Waals surface area (Å²) in [7, 11) is 0. The number of nitrogens with two attached hydrogens (primary N) is 1. The fourth-order valence-corrected chi connectivity index (χ4v) is 8.57. The number of pyridine rings is 1. The molecule has 5 fully saturated rings. The lowest BCUT2D eigenvalue weighted by molar-refractivity contribution is 0.107. The van der Waals surface area contributed by atoms with Gasteiger partial charge in [-0.15, -0.1) is 0 Å². The van der Waals surface area contributed by atoms with Crippen LogP contribution in [0, 0.1) is 12.7 Å². The van der Waals surface area contributed by atoms with Crippen LogP contribution in [0.4, 0.5) is 20.6 Å². The van der Waals surface area contributed by atoms with E-state index in [0.717, 1.165) is 97.4 Å². The number of piperazine rings is 1. The van der Waals surface area contributed by atoms with E-state index < -0.39 is 12.0 Å².